The highest BCUT2D eigenvalue weighted by atomic mass is 32.1. The molecule has 1 unspecified atom stereocenters. The van der Waals surface area contributed by atoms with E-state index in [0.29, 0.717) is 12.4 Å². The number of anilines is 2. The van der Waals surface area contributed by atoms with Crippen LogP contribution in [0.15, 0.2) is 29.6 Å². The van der Waals surface area contributed by atoms with Gasteiger partial charge in [-0.2, -0.15) is 0 Å². The maximum absolute atomic E-state index is 11.1. The van der Waals surface area contributed by atoms with Gasteiger partial charge >= 0.3 is 5.69 Å². The fourth-order valence-corrected chi connectivity index (χ4v) is 2.53. The minimum atomic E-state index is -0.424. The second kappa shape index (κ2) is 6.33. The molecule has 0 saturated heterocycles. The summed E-state index contributed by atoms with van der Waals surface area (Å²) in [5.74, 6) is 0.910. The van der Waals surface area contributed by atoms with Gasteiger partial charge < -0.3 is 10.6 Å². The van der Waals surface area contributed by atoms with E-state index in [0.717, 1.165) is 4.88 Å². The SMILES string of the molecule is CCNc1ccc([N+](=O)[O-])c(NC(C)c2cccs2)n1. The molecule has 1 atom stereocenters. The van der Waals surface area contributed by atoms with Gasteiger partial charge in [0.15, 0.2) is 0 Å². The molecule has 0 fully saturated rings. The van der Waals surface area contributed by atoms with Crippen LogP contribution in [0.5, 0.6) is 0 Å². The second-order valence-corrected chi connectivity index (χ2v) is 5.21. The summed E-state index contributed by atoms with van der Waals surface area (Å²) in [5.41, 5.74) is -0.0185. The molecule has 0 aromatic carbocycles. The van der Waals surface area contributed by atoms with Crippen LogP contribution in [-0.2, 0) is 0 Å². The number of hydrogen-bond acceptors (Lipinski definition) is 6. The Morgan fingerprint density at radius 3 is 2.85 bits per heavy atom. The van der Waals surface area contributed by atoms with Gasteiger partial charge in [-0.1, -0.05) is 6.07 Å². The van der Waals surface area contributed by atoms with Crippen molar-refractivity contribution < 1.29 is 4.92 Å². The number of hydrogen-bond donors (Lipinski definition) is 2. The highest BCUT2D eigenvalue weighted by molar-refractivity contribution is 7.10. The van der Waals surface area contributed by atoms with Gasteiger partial charge in [0.25, 0.3) is 0 Å². The van der Waals surface area contributed by atoms with Crippen LogP contribution in [0.3, 0.4) is 0 Å². The van der Waals surface area contributed by atoms with Gasteiger partial charge in [0, 0.05) is 17.5 Å². The number of pyridine rings is 1. The highest BCUT2D eigenvalue weighted by Gasteiger charge is 2.18. The van der Waals surface area contributed by atoms with E-state index in [1.54, 1.807) is 17.4 Å². The molecule has 0 aliphatic carbocycles. The minimum absolute atomic E-state index is 0.0185. The van der Waals surface area contributed by atoms with Crippen molar-refractivity contribution in [3.8, 4) is 0 Å². The zero-order valence-electron chi connectivity index (χ0n) is 11.3. The predicted octanol–water partition coefficient (Wildman–Crippen LogP) is 3.66. The summed E-state index contributed by atoms with van der Waals surface area (Å²) in [6.07, 6.45) is 0. The number of nitrogens with one attached hydrogen (secondary N) is 2. The Balaban J connectivity index is 2.27. The molecule has 106 valence electrons. The molecule has 0 bridgehead atoms. The van der Waals surface area contributed by atoms with Gasteiger partial charge in [0.1, 0.15) is 5.82 Å². The number of nitro groups is 1. The maximum Gasteiger partial charge on any atom is 0.311 e. The summed E-state index contributed by atoms with van der Waals surface area (Å²) in [7, 11) is 0. The largest absolute Gasteiger partial charge is 0.370 e. The molecule has 0 spiro atoms. The van der Waals surface area contributed by atoms with Crippen molar-refractivity contribution in [3.05, 3.63) is 44.6 Å². The van der Waals surface area contributed by atoms with Gasteiger partial charge in [-0.3, -0.25) is 10.1 Å². The Labute approximate surface area is 121 Å². The van der Waals surface area contributed by atoms with Gasteiger partial charge in [-0.25, -0.2) is 4.98 Å². The monoisotopic (exact) mass is 292 g/mol. The van der Waals surface area contributed by atoms with E-state index in [1.807, 2.05) is 31.4 Å². The summed E-state index contributed by atoms with van der Waals surface area (Å²) in [5, 5.41) is 19.2. The summed E-state index contributed by atoms with van der Waals surface area (Å²) >= 11 is 1.60. The lowest BCUT2D eigenvalue weighted by atomic mass is 10.2. The van der Waals surface area contributed by atoms with Crippen LogP contribution < -0.4 is 10.6 Å². The third-order valence-electron chi connectivity index (χ3n) is 2.75. The molecule has 0 aliphatic heterocycles. The first-order valence-corrected chi connectivity index (χ1v) is 7.19. The lowest BCUT2D eigenvalue weighted by Gasteiger charge is -2.14. The first kappa shape index (κ1) is 14.3. The third-order valence-corrected chi connectivity index (χ3v) is 3.81. The van der Waals surface area contributed by atoms with Crippen LogP contribution >= 0.6 is 11.3 Å². The molecule has 6 nitrogen and oxygen atoms in total. The Morgan fingerprint density at radius 1 is 1.45 bits per heavy atom. The molecule has 2 rings (SSSR count). The third kappa shape index (κ3) is 3.24. The Morgan fingerprint density at radius 2 is 2.25 bits per heavy atom. The van der Waals surface area contributed by atoms with Crippen molar-refractivity contribution in [1.29, 1.82) is 0 Å². The molecule has 0 radical (unpaired) electrons. The Kier molecular flexibility index (Phi) is 4.52. The van der Waals surface area contributed by atoms with E-state index < -0.39 is 4.92 Å². The van der Waals surface area contributed by atoms with Crippen LogP contribution in [0.1, 0.15) is 24.8 Å². The van der Waals surface area contributed by atoms with Crippen molar-refractivity contribution in [1.82, 2.24) is 4.98 Å². The lowest BCUT2D eigenvalue weighted by Crippen LogP contribution is -2.10. The number of nitrogens with zero attached hydrogens (tertiary/aromatic N) is 2. The predicted molar refractivity (Wildman–Crippen MR) is 81.4 cm³/mol. The van der Waals surface area contributed by atoms with Crippen molar-refractivity contribution in [2.45, 2.75) is 19.9 Å². The first-order chi connectivity index (χ1) is 9.61. The maximum atomic E-state index is 11.1. The molecule has 2 aromatic rings. The summed E-state index contributed by atoms with van der Waals surface area (Å²) in [4.78, 5) is 16.0. The summed E-state index contributed by atoms with van der Waals surface area (Å²) < 4.78 is 0. The average molecular weight is 292 g/mol. The summed E-state index contributed by atoms with van der Waals surface area (Å²) in [6, 6.07) is 6.99. The quantitative estimate of drug-likeness (QED) is 0.627. The van der Waals surface area contributed by atoms with Crippen LogP contribution in [-0.4, -0.2) is 16.5 Å². The van der Waals surface area contributed by atoms with Crippen LogP contribution in [0.2, 0.25) is 0 Å². The lowest BCUT2D eigenvalue weighted by molar-refractivity contribution is -0.384. The van der Waals surface area contributed by atoms with Gasteiger partial charge in [-0.05, 0) is 31.4 Å². The fraction of sp³-hybridized carbons (Fsp3) is 0.308. The van der Waals surface area contributed by atoms with Gasteiger partial charge in [0.2, 0.25) is 5.82 Å². The van der Waals surface area contributed by atoms with Gasteiger partial charge in [0.05, 0.1) is 11.0 Å². The molecular weight excluding hydrogens is 276 g/mol. The van der Waals surface area contributed by atoms with E-state index in [-0.39, 0.29) is 17.5 Å². The Bertz CT molecular complexity index is 586. The minimum Gasteiger partial charge on any atom is -0.370 e. The molecule has 2 heterocycles. The highest BCUT2D eigenvalue weighted by Crippen LogP contribution is 2.29. The van der Waals surface area contributed by atoms with Crippen LogP contribution in [0, 0.1) is 10.1 Å². The smallest absolute Gasteiger partial charge is 0.311 e. The van der Waals surface area contributed by atoms with Crippen molar-refractivity contribution in [3.63, 3.8) is 0 Å². The first-order valence-electron chi connectivity index (χ1n) is 6.31. The zero-order valence-corrected chi connectivity index (χ0v) is 12.1. The topological polar surface area (TPSA) is 80.1 Å². The second-order valence-electron chi connectivity index (χ2n) is 4.23. The van der Waals surface area contributed by atoms with E-state index in [4.69, 9.17) is 0 Å². The van der Waals surface area contributed by atoms with Crippen LogP contribution in [0.4, 0.5) is 17.3 Å². The van der Waals surface area contributed by atoms with Crippen LogP contribution in [0.25, 0.3) is 0 Å². The van der Waals surface area contributed by atoms with Crippen molar-refractivity contribution in [2.24, 2.45) is 0 Å². The number of thiophene rings is 1. The molecule has 0 amide bonds. The van der Waals surface area contributed by atoms with Gasteiger partial charge in [-0.15, -0.1) is 11.3 Å². The molecule has 0 saturated carbocycles. The molecule has 7 heteroatoms. The molecule has 2 N–H and O–H groups in total. The van der Waals surface area contributed by atoms with E-state index in [1.165, 1.54) is 6.07 Å². The molecule has 20 heavy (non-hydrogen) atoms. The van der Waals surface area contributed by atoms with E-state index in [2.05, 4.69) is 15.6 Å². The normalized spacial score (nSPS) is 11.9. The van der Waals surface area contributed by atoms with E-state index in [9.17, 15) is 10.1 Å². The fourth-order valence-electron chi connectivity index (χ4n) is 1.80. The standard InChI is InChI=1S/C13H16N4O2S/c1-3-14-12-7-6-10(17(18)19)13(16-12)15-9(2)11-5-4-8-20-11/h4-9H,3H2,1-2H3,(H2,14,15,16). The molecular formula is C13H16N4O2S. The Hall–Kier alpha value is -2.15. The number of aromatic nitrogens is 1. The average Bonchev–Trinajstić information content (AvgIpc) is 2.93. The number of rotatable bonds is 6. The van der Waals surface area contributed by atoms with E-state index >= 15 is 0 Å². The van der Waals surface area contributed by atoms with Crippen molar-refractivity contribution in [2.75, 3.05) is 17.2 Å². The molecule has 0 aliphatic rings. The summed E-state index contributed by atoms with van der Waals surface area (Å²) in [6.45, 7) is 4.62. The zero-order chi connectivity index (χ0) is 14.5. The molecule has 2 aromatic heterocycles. The van der Waals surface area contributed by atoms with Crippen molar-refractivity contribution >= 4 is 28.7 Å².